The zero-order chi connectivity index (χ0) is 69.5. The van der Waals surface area contributed by atoms with Crippen molar-refractivity contribution < 1.29 is 68.1 Å². The van der Waals surface area contributed by atoms with Crippen LogP contribution >= 0.6 is 0 Å². The summed E-state index contributed by atoms with van der Waals surface area (Å²) in [5.41, 5.74) is 14.9. The molecular weight excluding hydrogens is 1330 g/mol. The smallest absolute Gasteiger partial charge is 0.177 e. The molecule has 3 N–H and O–H groups in total. The van der Waals surface area contributed by atoms with Gasteiger partial charge in [0.1, 0.15) is 52.7 Å². The predicted molar refractivity (Wildman–Crippen MR) is 373 cm³/mol. The normalized spacial score (nSPS) is 20.3. The molecule has 9 heterocycles. The number of aliphatic imine (C=N–C) groups is 3. The average molecular weight is 1410 g/mol. The molecular formula is C72H81N9O15S3. The minimum absolute atomic E-state index is 0.157. The summed E-state index contributed by atoms with van der Waals surface area (Å²) in [5, 5.41) is 9.84. The molecule has 27 heteroatoms. The molecule has 15 rings (SSSR count). The van der Waals surface area contributed by atoms with Gasteiger partial charge in [0.2, 0.25) is 0 Å². The van der Waals surface area contributed by atoms with Crippen molar-refractivity contribution in [1.82, 2.24) is 15.0 Å². The molecule has 3 atom stereocenters. The molecule has 9 aliphatic rings. The lowest BCUT2D eigenvalue weighted by Crippen LogP contribution is -2.22. The van der Waals surface area contributed by atoms with Crippen LogP contribution in [0.4, 0.5) is 51.2 Å². The molecule has 6 fully saturated rings. The number of benzene rings is 3. The predicted octanol–water partition coefficient (Wildman–Crippen LogP) is 10.5. The Bertz CT molecular complexity index is 4200. The average Bonchev–Trinajstić information content (AvgIpc) is 1.76. The van der Waals surface area contributed by atoms with Crippen LogP contribution in [0.15, 0.2) is 102 Å². The van der Waals surface area contributed by atoms with E-state index in [1.165, 1.54) is 18.8 Å². The number of ketones is 3. The maximum atomic E-state index is 12.7. The van der Waals surface area contributed by atoms with Gasteiger partial charge in [0.05, 0.1) is 142 Å². The molecule has 0 amide bonds. The van der Waals surface area contributed by atoms with Crippen LogP contribution in [-0.4, -0.2) is 153 Å². The van der Waals surface area contributed by atoms with Crippen molar-refractivity contribution in [3.8, 4) is 0 Å². The highest BCUT2D eigenvalue weighted by molar-refractivity contribution is 7.91. The first-order valence-corrected chi connectivity index (χ1v) is 39.2. The van der Waals surface area contributed by atoms with E-state index >= 15 is 0 Å². The Morgan fingerprint density at radius 3 is 0.899 bits per heavy atom. The standard InChI is InChI=1S/3C24H27N3O5S/c3*1-14-9-19-24(25-14)20(11-17(26-19)12-21(28)15-3-4-15)27-18-6-5-16(10-23(18)33(2,29)30)22-13-31-7-8-32-22/h3*5-6,10-11,15,22H,3-4,7-9,12-13H2,1-2H3,(H,26,27)/t2*22-;/m10./s1. The van der Waals surface area contributed by atoms with Crippen LogP contribution in [0.3, 0.4) is 0 Å². The Balaban J connectivity index is 0.000000133. The highest BCUT2D eigenvalue weighted by atomic mass is 32.2. The third-order valence-corrected chi connectivity index (χ3v) is 21.7. The van der Waals surface area contributed by atoms with E-state index in [0.29, 0.717) is 147 Å². The largest absolute Gasteiger partial charge is 0.376 e. The van der Waals surface area contributed by atoms with E-state index < -0.39 is 29.5 Å². The van der Waals surface area contributed by atoms with Crippen molar-refractivity contribution in [2.75, 3.05) is 94.2 Å². The third-order valence-electron chi connectivity index (χ3n) is 18.3. The molecule has 0 spiro atoms. The van der Waals surface area contributed by atoms with E-state index in [4.69, 9.17) is 28.4 Å². The van der Waals surface area contributed by atoms with Crippen LogP contribution in [0, 0.1) is 17.8 Å². The first-order chi connectivity index (χ1) is 47.3. The number of ether oxygens (including phenoxy) is 6. The van der Waals surface area contributed by atoms with Gasteiger partial charge in [-0.05, 0) is 131 Å². The van der Waals surface area contributed by atoms with E-state index in [-0.39, 0.29) is 87.4 Å². The van der Waals surface area contributed by atoms with Crippen LogP contribution in [0.2, 0.25) is 0 Å². The lowest BCUT2D eigenvalue weighted by molar-refractivity contribution is -0.120. The summed E-state index contributed by atoms with van der Waals surface area (Å²) < 4.78 is 110. The van der Waals surface area contributed by atoms with Crippen LogP contribution in [0.5, 0.6) is 0 Å². The Labute approximate surface area is 576 Å². The summed E-state index contributed by atoms with van der Waals surface area (Å²) in [7, 11) is -10.6. The molecule has 99 heavy (non-hydrogen) atoms. The number of nitrogens with one attached hydrogen (secondary N) is 3. The first-order valence-electron chi connectivity index (χ1n) is 33.5. The van der Waals surface area contributed by atoms with Gasteiger partial charge in [-0.2, -0.15) is 0 Å². The lowest BCUT2D eigenvalue weighted by Gasteiger charge is -2.24. The number of hydrogen-bond donors (Lipinski definition) is 3. The molecule has 0 radical (unpaired) electrons. The van der Waals surface area contributed by atoms with Gasteiger partial charge in [0.15, 0.2) is 29.5 Å². The summed E-state index contributed by atoms with van der Waals surface area (Å²) in [4.78, 5) is 65.6. The SMILES string of the molecule is CC1=Nc2c(Nc3ccc(C4COCCO4)cc3S(C)(=O)=O)cc(CC(=O)C3CC3)nc2C1.CC1=Nc2c(Nc3ccc([C@@H]4COCCO4)cc3S(C)(=O)=O)cc(CC(=O)C3CC3)nc2C1.CC1=Nc2c(Nc3ccc([C@H]4COCCO4)cc3S(C)(=O)=O)cc(CC(=O)C3CC3)nc2C1. The summed E-state index contributed by atoms with van der Waals surface area (Å²) in [6.45, 7) is 10.00. The second-order valence-electron chi connectivity index (χ2n) is 27.0. The minimum atomic E-state index is -3.54. The van der Waals surface area contributed by atoms with E-state index in [1.807, 2.05) is 57.2 Å². The van der Waals surface area contributed by atoms with Crippen molar-refractivity contribution >= 4 is 115 Å². The maximum absolute atomic E-state index is 12.7. The number of carbonyl (C=O) groups is 3. The molecule has 3 aliphatic carbocycles. The summed E-state index contributed by atoms with van der Waals surface area (Å²) in [6.07, 6.45) is 11.1. The Morgan fingerprint density at radius 1 is 0.394 bits per heavy atom. The molecule has 3 aromatic carbocycles. The topological polar surface area (TPSA) is 321 Å². The molecule has 0 bridgehead atoms. The van der Waals surface area contributed by atoms with Crippen LogP contribution in [0.25, 0.3) is 0 Å². The van der Waals surface area contributed by atoms with Gasteiger partial charge in [-0.3, -0.25) is 44.3 Å². The lowest BCUT2D eigenvalue weighted by atomic mass is 10.1. The Kier molecular flexibility index (Phi) is 20.4. The number of fused-ring (bicyclic) bond motifs is 3. The number of anilines is 6. The van der Waals surface area contributed by atoms with Crippen LogP contribution in [0.1, 0.15) is 128 Å². The summed E-state index contributed by atoms with van der Waals surface area (Å²) in [5.74, 6) is 1.10. The second-order valence-corrected chi connectivity index (χ2v) is 32.9. The highest BCUT2D eigenvalue weighted by Gasteiger charge is 2.35. The van der Waals surface area contributed by atoms with E-state index in [1.54, 1.807) is 36.4 Å². The van der Waals surface area contributed by atoms with Crippen molar-refractivity contribution in [1.29, 1.82) is 0 Å². The van der Waals surface area contributed by atoms with Gasteiger partial charge >= 0.3 is 0 Å². The first kappa shape index (κ1) is 69.6. The zero-order valence-corrected chi connectivity index (χ0v) is 58.7. The van der Waals surface area contributed by atoms with Gasteiger partial charge in [0, 0.05) is 92.2 Å². The van der Waals surface area contributed by atoms with Gasteiger partial charge in [0.25, 0.3) is 0 Å². The third kappa shape index (κ3) is 17.1. The van der Waals surface area contributed by atoms with Crippen molar-refractivity contribution in [3.63, 3.8) is 0 Å². The monoisotopic (exact) mass is 1410 g/mol. The minimum Gasteiger partial charge on any atom is -0.376 e. The second kappa shape index (κ2) is 29.0. The van der Waals surface area contributed by atoms with Crippen molar-refractivity contribution in [3.05, 3.63) is 124 Å². The van der Waals surface area contributed by atoms with E-state index in [9.17, 15) is 39.6 Å². The fourth-order valence-corrected chi connectivity index (χ4v) is 15.4. The summed E-state index contributed by atoms with van der Waals surface area (Å²) >= 11 is 0. The molecule has 1 unspecified atom stereocenters. The maximum Gasteiger partial charge on any atom is 0.177 e. The van der Waals surface area contributed by atoms with Gasteiger partial charge in [-0.15, -0.1) is 0 Å². The number of aromatic nitrogens is 3. The van der Waals surface area contributed by atoms with Gasteiger partial charge < -0.3 is 44.4 Å². The van der Waals surface area contributed by atoms with E-state index in [2.05, 4.69) is 45.9 Å². The number of nitrogens with zero attached hydrogens (tertiary/aromatic N) is 6. The molecule has 3 saturated heterocycles. The van der Waals surface area contributed by atoms with E-state index in [0.717, 1.165) is 89.4 Å². The van der Waals surface area contributed by atoms with Crippen molar-refractivity contribution in [2.45, 2.75) is 131 Å². The van der Waals surface area contributed by atoms with Crippen molar-refractivity contribution in [2.24, 2.45) is 32.7 Å². The zero-order valence-electron chi connectivity index (χ0n) is 56.3. The number of pyridine rings is 3. The molecule has 6 aromatic rings. The molecule has 3 saturated carbocycles. The molecule has 6 aliphatic heterocycles. The summed E-state index contributed by atoms with van der Waals surface area (Å²) in [6, 6.07) is 21.2. The molecule has 3 aromatic heterocycles. The van der Waals surface area contributed by atoms with Gasteiger partial charge in [-0.25, -0.2) is 25.3 Å². The van der Waals surface area contributed by atoms with Gasteiger partial charge in [-0.1, -0.05) is 18.2 Å². The molecule has 24 nitrogen and oxygen atoms in total. The number of carbonyl (C=O) groups excluding carboxylic acids is 3. The number of rotatable bonds is 21. The number of Topliss-reactive ketones (excluding diaryl/α,β-unsaturated/α-hetero) is 3. The number of hydrogen-bond acceptors (Lipinski definition) is 24. The number of sulfone groups is 3. The van der Waals surface area contributed by atoms with Crippen LogP contribution in [-0.2, 0) is 111 Å². The Hall–Kier alpha value is -7.86. The molecule has 522 valence electrons. The van der Waals surface area contributed by atoms with Crippen LogP contribution < -0.4 is 16.0 Å². The fraction of sp³-hybridized carbons (Fsp3) is 0.458. The fourth-order valence-electron chi connectivity index (χ4n) is 12.8. The highest BCUT2D eigenvalue weighted by Crippen LogP contribution is 2.44. The Morgan fingerprint density at radius 2 is 0.667 bits per heavy atom. The quantitative estimate of drug-likeness (QED) is 0.0603.